The Balaban J connectivity index is 0.000000411. The van der Waals surface area contributed by atoms with Crippen LogP contribution in [0.3, 0.4) is 0 Å². The molecule has 11 heteroatoms. The van der Waals surface area contributed by atoms with Crippen LogP contribution in [0.4, 0.5) is 0 Å². The zero-order chi connectivity index (χ0) is 37.4. The van der Waals surface area contributed by atoms with Gasteiger partial charge >= 0.3 is 11.9 Å². The lowest BCUT2D eigenvalue weighted by Gasteiger charge is -2.44. The number of carbonyl (C=O) groups is 4. The van der Waals surface area contributed by atoms with Gasteiger partial charge in [0.1, 0.15) is 11.8 Å². The van der Waals surface area contributed by atoms with Crippen LogP contribution < -0.4 is 16.0 Å². The number of Topliss-reactive ketones (excluding diaryl/α,β-unsaturated/α-hetero) is 1. The van der Waals surface area contributed by atoms with Crippen molar-refractivity contribution in [3.63, 3.8) is 0 Å². The largest absolute Gasteiger partial charge is 0.480 e. The van der Waals surface area contributed by atoms with Crippen molar-refractivity contribution in [2.75, 3.05) is 20.1 Å². The molecule has 9 nitrogen and oxygen atoms in total. The highest BCUT2D eigenvalue weighted by molar-refractivity contribution is 8.02. The monoisotopic (exact) mass is 723 g/mol. The average molecular weight is 724 g/mol. The van der Waals surface area contributed by atoms with Gasteiger partial charge in [0, 0.05) is 23.0 Å². The molecule has 0 bridgehead atoms. The maximum atomic E-state index is 12.6. The third-order valence-electron chi connectivity index (χ3n) is 8.18. The molecule has 3 rings (SSSR count). The van der Waals surface area contributed by atoms with E-state index in [1.807, 2.05) is 68.4 Å². The smallest absolute Gasteiger partial charge is 0.322 e. The van der Waals surface area contributed by atoms with Gasteiger partial charge in [-0.3, -0.25) is 24.5 Å². The molecule has 0 aromatic heterocycles. The fourth-order valence-corrected chi connectivity index (χ4v) is 7.94. The number of hydrogen-bond acceptors (Lipinski definition) is 8. The second-order valence-corrected chi connectivity index (χ2v) is 16.2. The van der Waals surface area contributed by atoms with Crippen LogP contribution in [-0.4, -0.2) is 75.6 Å². The molecule has 2 unspecified atom stereocenters. The molecule has 3 aromatic carbocycles. The van der Waals surface area contributed by atoms with Gasteiger partial charge in [0.2, 0.25) is 5.91 Å². The van der Waals surface area contributed by atoms with Crippen molar-refractivity contribution in [2.45, 2.75) is 86.6 Å². The number of thioether (sulfide) groups is 1. The normalized spacial score (nSPS) is 12.9. The summed E-state index contributed by atoms with van der Waals surface area (Å²) in [6.07, 6.45) is 3.10. The Kier molecular flexibility index (Phi) is 17.2. The lowest BCUT2D eigenvalue weighted by molar-refractivity contribution is -0.140. The number of rotatable bonds is 19. The first-order valence-electron chi connectivity index (χ1n) is 16.8. The minimum absolute atomic E-state index is 0.0443. The van der Waals surface area contributed by atoms with Gasteiger partial charge in [0.15, 0.2) is 0 Å². The standard InChI is InChI=1S/C27H29NO3S.C12H24N2O3S/c1-20(29)25(28-19-24(30)31)26(2,3)32-27(21-13-7-4-8-14-21,22-15-9-5-10-16-22)23-17-11-6-12-18-23;1-12(2,18)10(11(16)17)14-8-6-4-5-7-9(15)13-3/h4-18,25,28H,19H2,1-3H3,(H,30,31);10,14,18H,4-8H2,1-3H3,(H,13,15)(H,16,17). The molecule has 0 saturated heterocycles. The molecule has 50 heavy (non-hydrogen) atoms. The SMILES string of the molecule is CC(=O)C(NCC(=O)O)C(C)(C)SC(c1ccccc1)(c1ccccc1)c1ccccc1.CNC(=O)CCCCCNC(C(=O)O)C(C)(C)S. The summed E-state index contributed by atoms with van der Waals surface area (Å²) < 4.78 is -1.84. The number of benzene rings is 3. The third kappa shape index (κ3) is 12.9. The number of hydrogen-bond donors (Lipinski definition) is 6. The minimum Gasteiger partial charge on any atom is -0.480 e. The van der Waals surface area contributed by atoms with Crippen molar-refractivity contribution < 1.29 is 29.4 Å². The summed E-state index contributed by atoms with van der Waals surface area (Å²) in [6, 6.07) is 29.5. The van der Waals surface area contributed by atoms with Gasteiger partial charge in [0.25, 0.3) is 0 Å². The highest BCUT2D eigenvalue weighted by Gasteiger charge is 2.46. The van der Waals surface area contributed by atoms with Crippen LogP contribution >= 0.6 is 24.4 Å². The van der Waals surface area contributed by atoms with Crippen LogP contribution in [-0.2, 0) is 23.9 Å². The lowest BCUT2D eigenvalue weighted by atomic mass is 9.84. The quantitative estimate of drug-likeness (QED) is 0.0487. The Labute approximate surface area is 306 Å². The molecule has 0 aliphatic rings. The molecule has 0 saturated carbocycles. The highest BCUT2D eigenvalue weighted by Crippen LogP contribution is 2.54. The van der Waals surface area contributed by atoms with Crippen LogP contribution in [0.15, 0.2) is 91.0 Å². The molecule has 0 aliphatic heterocycles. The molecular weight excluding hydrogens is 671 g/mol. The number of nitrogens with one attached hydrogen (secondary N) is 3. The van der Waals surface area contributed by atoms with E-state index in [1.165, 1.54) is 6.92 Å². The molecule has 5 N–H and O–H groups in total. The fourth-order valence-electron chi connectivity index (χ4n) is 5.82. The molecule has 272 valence electrons. The number of carboxylic acids is 2. The van der Waals surface area contributed by atoms with E-state index in [1.54, 1.807) is 32.7 Å². The minimum atomic E-state index is -0.988. The van der Waals surface area contributed by atoms with E-state index >= 15 is 0 Å². The van der Waals surface area contributed by atoms with Crippen molar-refractivity contribution in [3.05, 3.63) is 108 Å². The number of aliphatic carboxylic acids is 2. The van der Waals surface area contributed by atoms with E-state index in [-0.39, 0.29) is 18.2 Å². The van der Waals surface area contributed by atoms with Crippen molar-refractivity contribution >= 4 is 48.0 Å². The molecule has 3 aromatic rings. The number of unbranched alkanes of at least 4 members (excludes halogenated alkanes) is 2. The van der Waals surface area contributed by atoms with Gasteiger partial charge in [-0.25, -0.2) is 0 Å². The van der Waals surface area contributed by atoms with Crippen molar-refractivity contribution in [3.8, 4) is 0 Å². The summed E-state index contributed by atoms with van der Waals surface area (Å²) in [5, 5.41) is 26.8. The molecule has 1 amide bonds. The van der Waals surface area contributed by atoms with Crippen molar-refractivity contribution in [1.82, 2.24) is 16.0 Å². The summed E-state index contributed by atoms with van der Waals surface area (Å²) >= 11 is 5.94. The lowest BCUT2D eigenvalue weighted by Crippen LogP contribution is -2.52. The fraction of sp³-hybridized carbons (Fsp3) is 0.436. The van der Waals surface area contributed by atoms with Crippen LogP contribution in [0, 0.1) is 0 Å². The molecule has 0 fully saturated rings. The molecule has 0 aliphatic carbocycles. The second kappa shape index (κ2) is 20.3. The topological polar surface area (TPSA) is 145 Å². The van der Waals surface area contributed by atoms with Gasteiger partial charge in [-0.15, -0.1) is 11.8 Å². The molecular formula is C39H53N3O6S2. The Hall–Kier alpha value is -3.64. The van der Waals surface area contributed by atoms with E-state index in [9.17, 15) is 24.3 Å². The van der Waals surface area contributed by atoms with Crippen molar-refractivity contribution in [1.29, 1.82) is 0 Å². The summed E-state index contributed by atoms with van der Waals surface area (Å²) in [4.78, 5) is 45.8. The third-order valence-corrected chi connectivity index (χ3v) is 10.2. The van der Waals surface area contributed by atoms with Gasteiger partial charge in [-0.1, -0.05) is 97.4 Å². The Morgan fingerprint density at radius 2 is 1.18 bits per heavy atom. The number of ketones is 1. The van der Waals surface area contributed by atoms with E-state index < -0.39 is 38.3 Å². The van der Waals surface area contributed by atoms with Gasteiger partial charge in [-0.05, 0) is 70.7 Å². The van der Waals surface area contributed by atoms with E-state index in [0.717, 1.165) is 36.0 Å². The van der Waals surface area contributed by atoms with E-state index in [4.69, 9.17) is 5.11 Å². The Bertz CT molecular complexity index is 1400. The number of amides is 1. The maximum Gasteiger partial charge on any atom is 0.322 e. The maximum absolute atomic E-state index is 12.6. The van der Waals surface area contributed by atoms with Crippen molar-refractivity contribution in [2.24, 2.45) is 0 Å². The first kappa shape index (κ1) is 42.5. The first-order chi connectivity index (χ1) is 23.6. The molecule has 0 spiro atoms. The number of thiol groups is 1. The van der Waals surface area contributed by atoms with Crippen LogP contribution in [0.5, 0.6) is 0 Å². The van der Waals surface area contributed by atoms with Crippen LogP contribution in [0.25, 0.3) is 0 Å². The van der Waals surface area contributed by atoms with Gasteiger partial charge in [-0.2, -0.15) is 12.6 Å². The first-order valence-corrected chi connectivity index (χ1v) is 18.0. The van der Waals surface area contributed by atoms with Gasteiger partial charge < -0.3 is 20.8 Å². The summed E-state index contributed by atoms with van der Waals surface area (Å²) in [7, 11) is 1.62. The average Bonchev–Trinajstić information content (AvgIpc) is 3.07. The van der Waals surface area contributed by atoms with Crippen LogP contribution in [0.2, 0.25) is 0 Å². The highest BCUT2D eigenvalue weighted by atomic mass is 32.2. The van der Waals surface area contributed by atoms with Crippen LogP contribution in [0.1, 0.15) is 77.0 Å². The Morgan fingerprint density at radius 1 is 0.720 bits per heavy atom. The summed E-state index contributed by atoms with van der Waals surface area (Å²) in [5.74, 6) is -1.92. The van der Waals surface area contributed by atoms with Gasteiger partial charge in [0.05, 0.1) is 17.3 Å². The summed E-state index contributed by atoms with van der Waals surface area (Å²) in [6.45, 7) is 9.40. The molecule has 0 heterocycles. The second-order valence-electron chi connectivity index (χ2n) is 13.2. The van der Waals surface area contributed by atoms with E-state index in [0.29, 0.717) is 13.0 Å². The Morgan fingerprint density at radius 3 is 1.54 bits per heavy atom. The predicted octanol–water partition coefficient (Wildman–Crippen LogP) is 6.17. The molecule has 2 atom stereocenters. The number of carboxylic acid groups (broad SMARTS) is 2. The zero-order valence-electron chi connectivity index (χ0n) is 29.9. The zero-order valence-corrected chi connectivity index (χ0v) is 31.7. The summed E-state index contributed by atoms with van der Waals surface area (Å²) in [5.41, 5.74) is 3.28. The van der Waals surface area contributed by atoms with E-state index in [2.05, 4.69) is 65.0 Å². The number of carbonyl (C=O) groups excluding carboxylic acids is 2. The predicted molar refractivity (Wildman–Crippen MR) is 206 cm³/mol. The molecule has 0 radical (unpaired) electrons.